The SMILES string of the molecule is CCC(C)(C)NCc1cccc(OCc2c(F)cccc2Cl)c1. The molecule has 0 saturated carbocycles. The Morgan fingerprint density at radius 1 is 1.17 bits per heavy atom. The highest BCUT2D eigenvalue weighted by Crippen LogP contribution is 2.22. The Morgan fingerprint density at radius 3 is 2.61 bits per heavy atom. The quantitative estimate of drug-likeness (QED) is 0.737. The third-order valence-corrected chi connectivity index (χ3v) is 4.35. The summed E-state index contributed by atoms with van der Waals surface area (Å²) in [5, 5.41) is 3.89. The van der Waals surface area contributed by atoms with Crippen molar-refractivity contribution in [2.75, 3.05) is 0 Å². The van der Waals surface area contributed by atoms with Crippen molar-refractivity contribution in [2.24, 2.45) is 0 Å². The molecule has 2 rings (SSSR count). The third kappa shape index (κ3) is 5.22. The van der Waals surface area contributed by atoms with Crippen LogP contribution in [0.5, 0.6) is 5.75 Å². The summed E-state index contributed by atoms with van der Waals surface area (Å²) in [5.41, 5.74) is 1.60. The molecule has 0 amide bonds. The standard InChI is InChI=1S/C19H23ClFNO/c1-4-19(2,3)22-12-14-7-5-8-15(11-14)23-13-16-17(20)9-6-10-18(16)21/h5-11,22H,4,12-13H2,1-3H3. The van der Waals surface area contributed by atoms with Crippen molar-refractivity contribution >= 4 is 11.6 Å². The van der Waals surface area contributed by atoms with Crippen LogP contribution >= 0.6 is 11.6 Å². The fourth-order valence-corrected chi connectivity index (χ4v) is 2.25. The van der Waals surface area contributed by atoms with E-state index in [9.17, 15) is 4.39 Å². The van der Waals surface area contributed by atoms with Crippen molar-refractivity contribution in [3.8, 4) is 5.75 Å². The monoisotopic (exact) mass is 335 g/mol. The Kier molecular flexibility index (Phi) is 6.03. The minimum Gasteiger partial charge on any atom is -0.489 e. The summed E-state index contributed by atoms with van der Waals surface area (Å²) in [6.45, 7) is 7.38. The fraction of sp³-hybridized carbons (Fsp3) is 0.368. The highest BCUT2D eigenvalue weighted by Gasteiger charge is 2.13. The van der Waals surface area contributed by atoms with Crippen LogP contribution in [0.15, 0.2) is 42.5 Å². The number of ether oxygens (including phenoxy) is 1. The lowest BCUT2D eigenvalue weighted by Gasteiger charge is -2.24. The van der Waals surface area contributed by atoms with Gasteiger partial charge in [0.1, 0.15) is 18.2 Å². The number of rotatable bonds is 7. The molecule has 0 heterocycles. The van der Waals surface area contributed by atoms with Crippen molar-refractivity contribution in [3.63, 3.8) is 0 Å². The first kappa shape index (κ1) is 17.8. The molecule has 23 heavy (non-hydrogen) atoms. The zero-order chi connectivity index (χ0) is 16.9. The Hall–Kier alpha value is -1.58. The molecule has 2 aromatic rings. The van der Waals surface area contributed by atoms with Gasteiger partial charge in [0.2, 0.25) is 0 Å². The Balaban J connectivity index is 2.00. The maximum absolute atomic E-state index is 13.7. The molecule has 2 aromatic carbocycles. The van der Waals surface area contributed by atoms with Gasteiger partial charge in [-0.15, -0.1) is 0 Å². The van der Waals surface area contributed by atoms with Gasteiger partial charge in [-0.05, 0) is 50.1 Å². The molecular formula is C19H23ClFNO. The largest absolute Gasteiger partial charge is 0.489 e. The number of hydrogen-bond acceptors (Lipinski definition) is 2. The molecule has 0 atom stereocenters. The van der Waals surface area contributed by atoms with Gasteiger partial charge in [-0.2, -0.15) is 0 Å². The van der Waals surface area contributed by atoms with E-state index in [2.05, 4.69) is 26.1 Å². The van der Waals surface area contributed by atoms with Crippen molar-refractivity contribution in [3.05, 3.63) is 64.4 Å². The summed E-state index contributed by atoms with van der Waals surface area (Å²) in [6.07, 6.45) is 1.05. The van der Waals surface area contributed by atoms with Gasteiger partial charge in [-0.3, -0.25) is 0 Å². The summed E-state index contributed by atoms with van der Waals surface area (Å²) in [4.78, 5) is 0. The van der Waals surface area contributed by atoms with Crippen LogP contribution in [-0.2, 0) is 13.2 Å². The Bertz CT molecular complexity index is 637. The Morgan fingerprint density at radius 2 is 1.91 bits per heavy atom. The second-order valence-electron chi connectivity index (χ2n) is 6.23. The summed E-state index contributed by atoms with van der Waals surface area (Å²) < 4.78 is 19.4. The van der Waals surface area contributed by atoms with Crippen LogP contribution in [0.1, 0.15) is 38.3 Å². The van der Waals surface area contributed by atoms with Crippen molar-refractivity contribution in [1.29, 1.82) is 0 Å². The van der Waals surface area contributed by atoms with E-state index in [1.54, 1.807) is 12.1 Å². The molecule has 0 radical (unpaired) electrons. The van der Waals surface area contributed by atoms with E-state index in [4.69, 9.17) is 16.3 Å². The van der Waals surface area contributed by atoms with E-state index in [1.165, 1.54) is 6.07 Å². The fourth-order valence-electron chi connectivity index (χ4n) is 2.04. The molecule has 0 saturated heterocycles. The normalized spacial score (nSPS) is 11.5. The number of halogens is 2. The molecule has 0 aliphatic rings. The van der Waals surface area contributed by atoms with Gasteiger partial charge in [0.25, 0.3) is 0 Å². The minimum atomic E-state index is -0.347. The molecule has 0 bridgehead atoms. The minimum absolute atomic E-state index is 0.0948. The maximum Gasteiger partial charge on any atom is 0.131 e. The van der Waals surface area contributed by atoms with Crippen LogP contribution in [0.3, 0.4) is 0 Å². The molecule has 1 N–H and O–H groups in total. The molecule has 0 aliphatic carbocycles. The molecule has 0 aromatic heterocycles. The van der Waals surface area contributed by atoms with E-state index < -0.39 is 0 Å². The van der Waals surface area contributed by atoms with E-state index in [1.807, 2.05) is 24.3 Å². The van der Waals surface area contributed by atoms with Crippen molar-refractivity contribution in [2.45, 2.75) is 45.9 Å². The smallest absolute Gasteiger partial charge is 0.131 e. The van der Waals surface area contributed by atoms with Crippen LogP contribution in [0.2, 0.25) is 5.02 Å². The van der Waals surface area contributed by atoms with E-state index >= 15 is 0 Å². The highest BCUT2D eigenvalue weighted by atomic mass is 35.5. The van der Waals surface area contributed by atoms with Crippen LogP contribution in [-0.4, -0.2) is 5.54 Å². The van der Waals surface area contributed by atoms with Crippen molar-refractivity contribution < 1.29 is 9.13 Å². The number of benzene rings is 2. The molecule has 0 unspecified atom stereocenters. The molecule has 124 valence electrons. The number of nitrogens with one attached hydrogen (secondary N) is 1. The van der Waals surface area contributed by atoms with E-state index in [0.29, 0.717) is 16.3 Å². The van der Waals surface area contributed by atoms with Gasteiger partial charge in [0.05, 0.1) is 5.02 Å². The summed E-state index contributed by atoms with van der Waals surface area (Å²) in [6, 6.07) is 12.4. The second kappa shape index (κ2) is 7.80. The third-order valence-electron chi connectivity index (χ3n) is 4.00. The van der Waals surface area contributed by atoms with Gasteiger partial charge in [-0.1, -0.05) is 36.7 Å². The lowest BCUT2D eigenvalue weighted by molar-refractivity contribution is 0.299. The van der Waals surface area contributed by atoms with Gasteiger partial charge in [0.15, 0.2) is 0 Å². The zero-order valence-electron chi connectivity index (χ0n) is 13.8. The average molecular weight is 336 g/mol. The molecule has 0 spiro atoms. The first-order valence-corrected chi connectivity index (χ1v) is 8.19. The van der Waals surface area contributed by atoms with E-state index in [0.717, 1.165) is 18.5 Å². The Labute approximate surface area is 142 Å². The van der Waals surface area contributed by atoms with Crippen LogP contribution in [0.4, 0.5) is 4.39 Å². The number of hydrogen-bond donors (Lipinski definition) is 1. The first-order valence-electron chi connectivity index (χ1n) is 7.81. The topological polar surface area (TPSA) is 21.3 Å². The zero-order valence-corrected chi connectivity index (χ0v) is 14.6. The van der Waals surface area contributed by atoms with Gasteiger partial charge in [-0.25, -0.2) is 4.39 Å². The molecule has 0 aliphatic heterocycles. The first-order chi connectivity index (χ1) is 10.9. The highest BCUT2D eigenvalue weighted by molar-refractivity contribution is 6.31. The van der Waals surface area contributed by atoms with Gasteiger partial charge in [0, 0.05) is 17.6 Å². The summed E-state index contributed by atoms with van der Waals surface area (Å²) in [7, 11) is 0. The van der Waals surface area contributed by atoms with Crippen LogP contribution in [0.25, 0.3) is 0 Å². The lowest BCUT2D eigenvalue weighted by Crippen LogP contribution is -2.37. The van der Waals surface area contributed by atoms with Gasteiger partial charge >= 0.3 is 0 Å². The molecule has 0 fully saturated rings. The van der Waals surface area contributed by atoms with Crippen LogP contribution in [0, 0.1) is 5.82 Å². The second-order valence-corrected chi connectivity index (χ2v) is 6.63. The molecular weight excluding hydrogens is 313 g/mol. The maximum atomic E-state index is 13.7. The van der Waals surface area contributed by atoms with Gasteiger partial charge < -0.3 is 10.1 Å². The predicted molar refractivity (Wildman–Crippen MR) is 93.4 cm³/mol. The average Bonchev–Trinajstić information content (AvgIpc) is 2.53. The summed E-state index contributed by atoms with van der Waals surface area (Å²) >= 11 is 6.01. The summed E-state index contributed by atoms with van der Waals surface area (Å²) in [5.74, 6) is 0.359. The molecule has 4 heteroatoms. The lowest BCUT2D eigenvalue weighted by atomic mass is 10.0. The molecule has 2 nitrogen and oxygen atoms in total. The predicted octanol–water partition coefficient (Wildman–Crippen LogP) is 5.34. The van der Waals surface area contributed by atoms with Crippen LogP contribution < -0.4 is 10.1 Å². The van der Waals surface area contributed by atoms with Crippen molar-refractivity contribution in [1.82, 2.24) is 5.32 Å². The van der Waals surface area contributed by atoms with E-state index in [-0.39, 0.29) is 18.0 Å².